The summed E-state index contributed by atoms with van der Waals surface area (Å²) in [4.78, 5) is 12.8. The Morgan fingerprint density at radius 3 is 2.18 bits per heavy atom. The minimum absolute atomic E-state index is 0.343. The van der Waals surface area contributed by atoms with Gasteiger partial charge in [-0.05, 0) is 80.4 Å². The normalized spacial score (nSPS) is 11.9. The van der Waals surface area contributed by atoms with Crippen molar-refractivity contribution >= 4 is 45.2 Å². The Kier molecular flexibility index (Phi) is 7.41. The van der Waals surface area contributed by atoms with Gasteiger partial charge in [-0.3, -0.25) is 4.72 Å². The van der Waals surface area contributed by atoms with E-state index in [-0.39, 0.29) is 5.82 Å². The van der Waals surface area contributed by atoms with Gasteiger partial charge < -0.3 is 10.1 Å². The van der Waals surface area contributed by atoms with Crippen molar-refractivity contribution in [2.75, 3.05) is 16.3 Å². The number of carbonyl (C=O) groups is 1. The molecule has 178 valence electrons. The predicted octanol–water partition coefficient (Wildman–Crippen LogP) is 6.07. The van der Waals surface area contributed by atoms with Crippen molar-refractivity contribution in [1.29, 1.82) is 0 Å². The Morgan fingerprint density at radius 2 is 1.56 bits per heavy atom. The molecule has 0 radical (unpaired) electrons. The number of rotatable bonds is 7. The van der Waals surface area contributed by atoms with Gasteiger partial charge in [0.15, 0.2) is 0 Å². The zero-order valence-electron chi connectivity index (χ0n) is 19.4. The molecular formula is C26H27FN2O4S. The molecule has 0 fully saturated rings. The number of nitrogens with one attached hydrogen (secondary N) is 2. The van der Waals surface area contributed by atoms with E-state index in [4.69, 9.17) is 4.74 Å². The second kappa shape index (κ2) is 10.1. The SMILES string of the molecule is CC(C)(C)OC(=O)c1ccc(C=Cc2cccc(NS(C)(=O)=O)c2)cc1Nc1ccc(F)cc1. The maximum atomic E-state index is 13.3. The summed E-state index contributed by atoms with van der Waals surface area (Å²) < 4.78 is 44.2. The van der Waals surface area contributed by atoms with Crippen LogP contribution >= 0.6 is 0 Å². The van der Waals surface area contributed by atoms with Gasteiger partial charge in [0.2, 0.25) is 10.0 Å². The quantitative estimate of drug-likeness (QED) is 0.316. The highest BCUT2D eigenvalue weighted by Gasteiger charge is 2.20. The Bertz CT molecular complexity index is 1310. The number of sulfonamides is 1. The van der Waals surface area contributed by atoms with Gasteiger partial charge in [0.05, 0.1) is 17.5 Å². The van der Waals surface area contributed by atoms with Crippen molar-refractivity contribution < 1.29 is 22.3 Å². The van der Waals surface area contributed by atoms with Crippen LogP contribution in [0, 0.1) is 5.82 Å². The predicted molar refractivity (Wildman–Crippen MR) is 135 cm³/mol. The fraction of sp³-hybridized carbons (Fsp3) is 0.192. The van der Waals surface area contributed by atoms with Gasteiger partial charge in [0, 0.05) is 11.4 Å². The van der Waals surface area contributed by atoms with Crippen LogP contribution in [0.5, 0.6) is 0 Å². The third-order valence-electron chi connectivity index (χ3n) is 4.44. The van der Waals surface area contributed by atoms with Crippen LogP contribution in [0.15, 0.2) is 66.7 Å². The first kappa shape index (κ1) is 25.0. The van der Waals surface area contributed by atoms with Crippen LogP contribution in [0.2, 0.25) is 0 Å². The van der Waals surface area contributed by atoms with Crippen molar-refractivity contribution in [2.45, 2.75) is 26.4 Å². The van der Waals surface area contributed by atoms with Gasteiger partial charge in [-0.15, -0.1) is 0 Å². The smallest absolute Gasteiger partial charge is 0.340 e. The van der Waals surface area contributed by atoms with Crippen LogP contribution in [0.1, 0.15) is 42.3 Å². The summed E-state index contributed by atoms with van der Waals surface area (Å²) in [5.74, 6) is -0.839. The van der Waals surface area contributed by atoms with Crippen LogP contribution in [0.4, 0.5) is 21.5 Å². The molecule has 3 aromatic carbocycles. The molecule has 0 aromatic heterocycles. The third kappa shape index (κ3) is 7.74. The van der Waals surface area contributed by atoms with E-state index in [0.717, 1.165) is 17.4 Å². The number of hydrogen-bond acceptors (Lipinski definition) is 5. The van der Waals surface area contributed by atoms with Gasteiger partial charge in [-0.25, -0.2) is 17.6 Å². The third-order valence-corrected chi connectivity index (χ3v) is 5.05. The molecule has 8 heteroatoms. The van der Waals surface area contributed by atoms with Crippen molar-refractivity contribution in [2.24, 2.45) is 0 Å². The van der Waals surface area contributed by atoms with Crippen LogP contribution in [0.25, 0.3) is 12.2 Å². The molecule has 3 aromatic rings. The first-order valence-corrected chi connectivity index (χ1v) is 12.4. The lowest BCUT2D eigenvalue weighted by Crippen LogP contribution is -2.24. The zero-order valence-corrected chi connectivity index (χ0v) is 20.2. The van der Waals surface area contributed by atoms with E-state index in [2.05, 4.69) is 10.0 Å². The zero-order chi connectivity index (χ0) is 24.9. The van der Waals surface area contributed by atoms with Crippen LogP contribution in [0.3, 0.4) is 0 Å². The minimum Gasteiger partial charge on any atom is -0.456 e. The van der Waals surface area contributed by atoms with E-state index < -0.39 is 21.6 Å². The summed E-state index contributed by atoms with van der Waals surface area (Å²) in [6.07, 6.45) is 4.77. The molecule has 6 nitrogen and oxygen atoms in total. The monoisotopic (exact) mass is 482 g/mol. The van der Waals surface area contributed by atoms with Crippen molar-refractivity contribution in [3.63, 3.8) is 0 Å². The maximum Gasteiger partial charge on any atom is 0.340 e. The summed E-state index contributed by atoms with van der Waals surface area (Å²) in [5, 5.41) is 3.16. The van der Waals surface area contributed by atoms with Gasteiger partial charge in [0.1, 0.15) is 11.4 Å². The maximum absolute atomic E-state index is 13.3. The van der Waals surface area contributed by atoms with Crippen molar-refractivity contribution in [3.8, 4) is 0 Å². The van der Waals surface area contributed by atoms with Crippen molar-refractivity contribution in [3.05, 3.63) is 89.2 Å². The Morgan fingerprint density at radius 1 is 0.912 bits per heavy atom. The number of ether oxygens (including phenoxy) is 1. The lowest BCUT2D eigenvalue weighted by Gasteiger charge is -2.21. The Hall–Kier alpha value is -3.65. The lowest BCUT2D eigenvalue weighted by molar-refractivity contribution is 0.00707. The van der Waals surface area contributed by atoms with Crippen LogP contribution < -0.4 is 10.0 Å². The van der Waals surface area contributed by atoms with E-state index in [1.54, 1.807) is 69.3 Å². The summed E-state index contributed by atoms with van der Waals surface area (Å²) in [6.45, 7) is 5.38. The summed E-state index contributed by atoms with van der Waals surface area (Å²) in [5.41, 5.74) is 2.85. The molecule has 0 saturated heterocycles. The molecule has 0 saturated carbocycles. The number of halogens is 1. The Labute approximate surface area is 199 Å². The fourth-order valence-corrected chi connectivity index (χ4v) is 3.64. The van der Waals surface area contributed by atoms with E-state index >= 15 is 0 Å². The molecule has 0 atom stereocenters. The van der Waals surface area contributed by atoms with E-state index in [9.17, 15) is 17.6 Å². The molecule has 2 N–H and O–H groups in total. The average Bonchev–Trinajstić information content (AvgIpc) is 2.72. The molecule has 0 aliphatic carbocycles. The molecule has 0 amide bonds. The number of anilines is 3. The topological polar surface area (TPSA) is 84.5 Å². The lowest BCUT2D eigenvalue weighted by atomic mass is 10.1. The largest absolute Gasteiger partial charge is 0.456 e. The number of hydrogen-bond donors (Lipinski definition) is 2. The van der Waals surface area contributed by atoms with E-state index in [1.807, 2.05) is 18.2 Å². The van der Waals surface area contributed by atoms with Gasteiger partial charge in [-0.1, -0.05) is 30.4 Å². The van der Waals surface area contributed by atoms with Gasteiger partial charge >= 0.3 is 5.97 Å². The van der Waals surface area contributed by atoms with Crippen LogP contribution in [-0.2, 0) is 14.8 Å². The fourth-order valence-electron chi connectivity index (χ4n) is 3.08. The highest BCUT2D eigenvalue weighted by atomic mass is 32.2. The first-order chi connectivity index (χ1) is 15.9. The van der Waals surface area contributed by atoms with Crippen LogP contribution in [-0.4, -0.2) is 26.2 Å². The first-order valence-electron chi connectivity index (χ1n) is 10.5. The Balaban J connectivity index is 1.92. The molecular weight excluding hydrogens is 455 g/mol. The molecule has 0 aliphatic heterocycles. The van der Waals surface area contributed by atoms with Crippen molar-refractivity contribution in [1.82, 2.24) is 0 Å². The highest BCUT2D eigenvalue weighted by Crippen LogP contribution is 2.26. The summed E-state index contributed by atoms with van der Waals surface area (Å²) in [7, 11) is -3.37. The van der Waals surface area contributed by atoms with Gasteiger partial charge in [-0.2, -0.15) is 0 Å². The number of benzene rings is 3. The molecule has 34 heavy (non-hydrogen) atoms. The highest BCUT2D eigenvalue weighted by molar-refractivity contribution is 7.92. The molecule has 0 bridgehead atoms. The number of esters is 1. The average molecular weight is 483 g/mol. The second-order valence-corrected chi connectivity index (χ2v) is 10.5. The van der Waals surface area contributed by atoms with E-state index in [1.165, 1.54) is 12.1 Å². The molecule has 0 aliphatic rings. The molecule has 3 rings (SSSR count). The second-order valence-electron chi connectivity index (χ2n) is 8.77. The summed E-state index contributed by atoms with van der Waals surface area (Å²) >= 11 is 0. The number of carbonyl (C=O) groups excluding carboxylic acids is 1. The minimum atomic E-state index is -3.37. The standard InChI is InChI=1S/C26H27FN2O4S/c1-26(2,3)33-25(30)23-15-10-19(17-24(23)28-21-13-11-20(27)12-14-21)9-8-18-6-5-7-22(16-18)29-34(4,31)32/h5-17,28-29H,1-4H3. The van der Waals surface area contributed by atoms with E-state index in [0.29, 0.717) is 22.6 Å². The summed E-state index contributed by atoms with van der Waals surface area (Å²) in [6, 6.07) is 18.0. The molecule has 0 spiro atoms. The molecule has 0 heterocycles. The molecule has 0 unspecified atom stereocenters. The van der Waals surface area contributed by atoms with Gasteiger partial charge in [0.25, 0.3) is 0 Å².